The van der Waals surface area contributed by atoms with Crippen molar-refractivity contribution in [1.29, 1.82) is 0 Å². The van der Waals surface area contributed by atoms with Crippen molar-refractivity contribution in [3.8, 4) is 0 Å². The molecule has 1 aromatic carbocycles. The van der Waals surface area contributed by atoms with Crippen LogP contribution in [-0.4, -0.2) is 36.6 Å². The average molecular weight is 337 g/mol. The summed E-state index contributed by atoms with van der Waals surface area (Å²) >= 11 is 5.04. The minimum absolute atomic E-state index is 0.0273. The lowest BCUT2D eigenvalue weighted by atomic mass is 10.1. The van der Waals surface area contributed by atoms with Crippen LogP contribution in [0, 0.1) is 0 Å². The summed E-state index contributed by atoms with van der Waals surface area (Å²) in [5.74, 6) is -1.13. The van der Waals surface area contributed by atoms with E-state index < -0.39 is 11.9 Å². The zero-order valence-electron chi connectivity index (χ0n) is 13.0. The summed E-state index contributed by atoms with van der Waals surface area (Å²) in [6.45, 7) is 2.32. The second-order valence-electron chi connectivity index (χ2n) is 4.48. The molecular formula is C15H19N3O4S. The monoisotopic (exact) mass is 337 g/mol. The third-order valence-electron chi connectivity index (χ3n) is 2.79. The maximum Gasteiger partial charge on any atom is 0.306 e. The van der Waals surface area contributed by atoms with E-state index in [1.807, 2.05) is 6.92 Å². The topological polar surface area (TPSA) is 96.5 Å². The predicted octanol–water partition coefficient (Wildman–Crippen LogP) is 1.20. The minimum Gasteiger partial charge on any atom is -0.469 e. The molecule has 8 heteroatoms. The zero-order valence-corrected chi connectivity index (χ0v) is 13.8. The first-order chi connectivity index (χ1) is 11.0. The molecule has 0 atom stereocenters. The molecule has 0 saturated heterocycles. The molecule has 124 valence electrons. The molecule has 0 aliphatic rings. The minimum atomic E-state index is -0.472. The van der Waals surface area contributed by atoms with E-state index >= 15 is 0 Å². The van der Waals surface area contributed by atoms with Gasteiger partial charge in [0.05, 0.1) is 24.8 Å². The normalized spacial score (nSPS) is 9.65. The lowest BCUT2D eigenvalue weighted by Crippen LogP contribution is -2.35. The number of methoxy groups -OCH3 is 1. The summed E-state index contributed by atoms with van der Waals surface area (Å²) < 4.78 is 4.45. The summed E-state index contributed by atoms with van der Waals surface area (Å²) in [6, 6.07) is 6.80. The van der Waals surface area contributed by atoms with Crippen LogP contribution >= 0.6 is 12.2 Å². The van der Waals surface area contributed by atoms with Crippen LogP contribution in [0.3, 0.4) is 0 Å². The molecule has 0 radical (unpaired) electrons. The summed E-state index contributed by atoms with van der Waals surface area (Å²) in [7, 11) is 1.25. The number of ether oxygens (including phenoxy) is 1. The highest BCUT2D eigenvalue weighted by Crippen LogP contribution is 2.14. The third-order valence-corrected chi connectivity index (χ3v) is 3.00. The van der Waals surface area contributed by atoms with Gasteiger partial charge in [0.1, 0.15) is 0 Å². The van der Waals surface area contributed by atoms with E-state index in [2.05, 4.69) is 20.7 Å². The summed E-state index contributed by atoms with van der Waals surface area (Å²) in [6.07, 6.45) is -0.0626. The van der Waals surface area contributed by atoms with Gasteiger partial charge in [0.25, 0.3) is 5.91 Å². The van der Waals surface area contributed by atoms with E-state index in [1.165, 1.54) is 7.11 Å². The molecular weight excluding hydrogens is 318 g/mol. The fourth-order valence-corrected chi connectivity index (χ4v) is 1.93. The molecule has 0 saturated carbocycles. The van der Waals surface area contributed by atoms with Gasteiger partial charge in [-0.1, -0.05) is 12.1 Å². The summed E-state index contributed by atoms with van der Waals surface area (Å²) in [4.78, 5) is 34.6. The number of nitrogens with one attached hydrogen (secondary N) is 3. The molecule has 0 bridgehead atoms. The highest BCUT2D eigenvalue weighted by atomic mass is 32.1. The Kier molecular flexibility index (Phi) is 7.69. The van der Waals surface area contributed by atoms with E-state index in [0.717, 1.165) is 0 Å². The zero-order chi connectivity index (χ0) is 17.2. The van der Waals surface area contributed by atoms with Crippen molar-refractivity contribution in [2.45, 2.75) is 19.8 Å². The Labute approximate surface area is 139 Å². The lowest BCUT2D eigenvalue weighted by Gasteiger charge is -2.13. The molecule has 0 fully saturated rings. The van der Waals surface area contributed by atoms with Gasteiger partial charge in [-0.2, -0.15) is 0 Å². The van der Waals surface area contributed by atoms with Crippen molar-refractivity contribution < 1.29 is 19.1 Å². The Balaban J connectivity index is 2.62. The van der Waals surface area contributed by atoms with E-state index in [4.69, 9.17) is 12.2 Å². The number of esters is 1. The van der Waals surface area contributed by atoms with Gasteiger partial charge < -0.3 is 20.7 Å². The standard InChI is InChI=1S/C15H19N3O4S/c1-3-16-14(21)10-6-4-5-7-11(10)17-15(23)18-12(19)8-9-13(20)22-2/h4-7H,3,8-9H2,1-2H3,(H,16,21)(H2,17,18,19,23). The molecule has 0 aliphatic carbocycles. The molecule has 0 spiro atoms. The van der Waals surface area contributed by atoms with Crippen molar-refractivity contribution in [3.63, 3.8) is 0 Å². The number of para-hydroxylation sites is 1. The molecule has 0 aliphatic heterocycles. The molecule has 3 N–H and O–H groups in total. The molecule has 0 aromatic heterocycles. The van der Waals surface area contributed by atoms with Crippen LogP contribution < -0.4 is 16.0 Å². The van der Waals surface area contributed by atoms with E-state index in [1.54, 1.807) is 24.3 Å². The third kappa shape index (κ3) is 6.43. The molecule has 2 amide bonds. The number of hydrogen-bond donors (Lipinski definition) is 3. The smallest absolute Gasteiger partial charge is 0.306 e. The second kappa shape index (κ2) is 9.52. The molecule has 0 unspecified atom stereocenters. The number of hydrogen-bond acceptors (Lipinski definition) is 5. The van der Waals surface area contributed by atoms with Crippen molar-refractivity contribution in [1.82, 2.24) is 10.6 Å². The van der Waals surface area contributed by atoms with Gasteiger partial charge in [0, 0.05) is 13.0 Å². The van der Waals surface area contributed by atoms with Crippen LogP contribution in [0.2, 0.25) is 0 Å². The van der Waals surface area contributed by atoms with Crippen molar-refractivity contribution >= 4 is 40.8 Å². The first kappa shape index (κ1) is 18.6. The maximum absolute atomic E-state index is 11.9. The number of benzene rings is 1. The number of thiocarbonyl (C=S) groups is 1. The Morgan fingerprint density at radius 1 is 1.17 bits per heavy atom. The first-order valence-corrected chi connectivity index (χ1v) is 7.43. The molecule has 0 heterocycles. The quantitative estimate of drug-likeness (QED) is 0.533. The Bertz CT molecular complexity index is 604. The van der Waals surface area contributed by atoms with Gasteiger partial charge in [-0.05, 0) is 31.3 Å². The number of carbonyl (C=O) groups excluding carboxylic acids is 3. The van der Waals surface area contributed by atoms with E-state index in [9.17, 15) is 14.4 Å². The van der Waals surface area contributed by atoms with Crippen LogP contribution in [0.1, 0.15) is 30.1 Å². The summed E-state index contributed by atoms with van der Waals surface area (Å²) in [5, 5.41) is 8.00. The van der Waals surface area contributed by atoms with E-state index in [0.29, 0.717) is 17.8 Å². The van der Waals surface area contributed by atoms with E-state index in [-0.39, 0.29) is 23.9 Å². The average Bonchev–Trinajstić information content (AvgIpc) is 2.53. The first-order valence-electron chi connectivity index (χ1n) is 7.02. The van der Waals surface area contributed by atoms with Crippen LogP contribution in [0.4, 0.5) is 5.69 Å². The predicted molar refractivity (Wildman–Crippen MR) is 90.1 cm³/mol. The van der Waals surface area contributed by atoms with Crippen LogP contribution in [0.25, 0.3) is 0 Å². The Morgan fingerprint density at radius 3 is 2.52 bits per heavy atom. The van der Waals surface area contributed by atoms with Crippen LogP contribution in [0.5, 0.6) is 0 Å². The van der Waals surface area contributed by atoms with Gasteiger partial charge in [0.2, 0.25) is 5.91 Å². The van der Waals surface area contributed by atoms with Crippen molar-refractivity contribution in [2.75, 3.05) is 19.0 Å². The van der Waals surface area contributed by atoms with Gasteiger partial charge in [-0.3, -0.25) is 14.4 Å². The van der Waals surface area contributed by atoms with Gasteiger partial charge >= 0.3 is 5.97 Å². The fraction of sp³-hybridized carbons (Fsp3) is 0.333. The summed E-state index contributed by atoms with van der Waals surface area (Å²) in [5.41, 5.74) is 0.900. The SMILES string of the molecule is CCNC(=O)c1ccccc1NC(=S)NC(=O)CCC(=O)OC. The number of carbonyl (C=O) groups is 3. The Morgan fingerprint density at radius 2 is 1.87 bits per heavy atom. The van der Waals surface area contributed by atoms with Crippen LogP contribution in [0.15, 0.2) is 24.3 Å². The maximum atomic E-state index is 11.9. The van der Waals surface area contributed by atoms with Gasteiger partial charge in [-0.25, -0.2) is 0 Å². The molecule has 23 heavy (non-hydrogen) atoms. The van der Waals surface area contributed by atoms with Crippen LogP contribution in [-0.2, 0) is 14.3 Å². The highest BCUT2D eigenvalue weighted by Gasteiger charge is 2.12. The highest BCUT2D eigenvalue weighted by molar-refractivity contribution is 7.80. The second-order valence-corrected chi connectivity index (χ2v) is 4.89. The largest absolute Gasteiger partial charge is 0.469 e. The Hall–Kier alpha value is -2.48. The van der Waals surface area contributed by atoms with Gasteiger partial charge in [0.15, 0.2) is 5.11 Å². The molecule has 1 rings (SSSR count). The van der Waals surface area contributed by atoms with Crippen molar-refractivity contribution in [3.05, 3.63) is 29.8 Å². The number of amides is 2. The van der Waals surface area contributed by atoms with Crippen molar-refractivity contribution in [2.24, 2.45) is 0 Å². The number of rotatable bonds is 6. The molecule has 7 nitrogen and oxygen atoms in total. The van der Waals surface area contributed by atoms with Gasteiger partial charge in [-0.15, -0.1) is 0 Å². The molecule has 1 aromatic rings. The lowest BCUT2D eigenvalue weighted by molar-refractivity contribution is -0.142. The fourth-order valence-electron chi connectivity index (χ4n) is 1.71. The number of anilines is 1.